The van der Waals surface area contributed by atoms with Crippen LogP contribution >= 0.6 is 0 Å². The molecule has 0 aliphatic rings. The number of nitrogens with one attached hydrogen (secondary N) is 1. The maximum absolute atomic E-state index is 12.5. The zero-order valence-corrected chi connectivity index (χ0v) is 48.1. The predicted octanol–water partition coefficient (Wildman–Crippen LogP) is 20.6. The van der Waals surface area contributed by atoms with Gasteiger partial charge in [0, 0.05) is 6.42 Å². The van der Waals surface area contributed by atoms with Crippen LogP contribution in [-0.2, 0) is 4.79 Å². The molecule has 0 saturated carbocycles. The summed E-state index contributed by atoms with van der Waals surface area (Å²) in [6, 6.07) is -0.826. The lowest BCUT2D eigenvalue weighted by Gasteiger charge is -2.26. The second-order valence-electron chi connectivity index (χ2n) is 22.3. The average molecular weight is 999 g/mol. The van der Waals surface area contributed by atoms with Crippen molar-refractivity contribution in [3.63, 3.8) is 0 Å². The molecule has 420 valence electrons. The molecule has 5 heteroatoms. The molecule has 0 aromatic heterocycles. The number of hydrogen-bond donors (Lipinski definition) is 4. The highest BCUT2D eigenvalue weighted by Crippen LogP contribution is 2.18. The van der Waals surface area contributed by atoms with Crippen molar-refractivity contribution in [3.8, 4) is 0 Å². The minimum absolute atomic E-state index is 0.149. The van der Waals surface area contributed by atoms with E-state index in [0.29, 0.717) is 12.8 Å². The first-order valence-electron chi connectivity index (χ1n) is 32.3. The highest BCUT2D eigenvalue weighted by Gasteiger charge is 2.26. The Balaban J connectivity index is 3.49. The summed E-state index contributed by atoms with van der Waals surface area (Å²) in [7, 11) is 0. The van der Waals surface area contributed by atoms with Gasteiger partial charge in [0.05, 0.1) is 18.8 Å². The van der Waals surface area contributed by atoms with E-state index in [9.17, 15) is 20.1 Å². The molecule has 3 atom stereocenters. The average Bonchev–Trinajstić information content (AvgIpc) is 3.37. The van der Waals surface area contributed by atoms with E-state index >= 15 is 0 Å². The van der Waals surface area contributed by atoms with Gasteiger partial charge in [-0.2, -0.15) is 0 Å². The number of carbonyl (C=O) groups is 1. The van der Waals surface area contributed by atoms with Gasteiger partial charge in [-0.15, -0.1) is 0 Å². The van der Waals surface area contributed by atoms with Gasteiger partial charge >= 0.3 is 0 Å². The third-order valence-electron chi connectivity index (χ3n) is 15.2. The Morgan fingerprint density at radius 1 is 0.352 bits per heavy atom. The van der Waals surface area contributed by atoms with Gasteiger partial charge in [-0.1, -0.05) is 314 Å². The lowest BCUT2D eigenvalue weighted by atomic mass is 10.0. The van der Waals surface area contributed by atoms with Crippen LogP contribution in [0, 0.1) is 0 Å². The number of amides is 1. The van der Waals surface area contributed by atoms with Crippen LogP contribution in [-0.4, -0.2) is 46.1 Å². The molecular weight excluding hydrogens is 871 g/mol. The fourth-order valence-electron chi connectivity index (χ4n) is 10.3. The summed E-state index contributed by atoms with van der Waals surface area (Å²) in [5, 5.41) is 33.8. The van der Waals surface area contributed by atoms with E-state index in [1.165, 1.54) is 283 Å². The molecule has 0 aliphatic carbocycles. The number of rotatable bonds is 60. The normalized spacial score (nSPS) is 13.4. The van der Waals surface area contributed by atoms with E-state index in [4.69, 9.17) is 0 Å². The molecule has 0 aliphatic heterocycles. The van der Waals surface area contributed by atoms with Crippen LogP contribution in [0.3, 0.4) is 0 Å². The smallest absolute Gasteiger partial charge is 0.220 e. The minimum Gasteiger partial charge on any atom is -0.394 e. The summed E-state index contributed by atoms with van der Waals surface area (Å²) in [5.74, 6) is -0.149. The summed E-state index contributed by atoms with van der Waals surface area (Å²) < 4.78 is 0. The third-order valence-corrected chi connectivity index (χ3v) is 15.2. The van der Waals surface area contributed by atoms with Gasteiger partial charge < -0.3 is 20.6 Å². The van der Waals surface area contributed by atoms with Crippen molar-refractivity contribution in [1.82, 2.24) is 5.32 Å². The lowest BCUT2D eigenvalue weighted by molar-refractivity contribution is -0.124. The molecule has 0 radical (unpaired) electrons. The molecule has 0 saturated heterocycles. The molecular formula is C66H127NO4. The van der Waals surface area contributed by atoms with Crippen LogP contribution in [0.4, 0.5) is 0 Å². The van der Waals surface area contributed by atoms with Crippen molar-refractivity contribution in [2.75, 3.05) is 6.61 Å². The van der Waals surface area contributed by atoms with Gasteiger partial charge in [0.2, 0.25) is 5.91 Å². The monoisotopic (exact) mass is 998 g/mol. The van der Waals surface area contributed by atoms with Crippen LogP contribution in [0.25, 0.3) is 0 Å². The topological polar surface area (TPSA) is 89.8 Å². The molecule has 0 bridgehead atoms. The molecule has 0 aromatic rings. The van der Waals surface area contributed by atoms with Crippen molar-refractivity contribution in [1.29, 1.82) is 0 Å². The van der Waals surface area contributed by atoms with Crippen LogP contribution < -0.4 is 5.32 Å². The number of aliphatic hydroxyl groups is 3. The van der Waals surface area contributed by atoms with Crippen molar-refractivity contribution in [2.45, 2.75) is 372 Å². The zero-order chi connectivity index (χ0) is 51.4. The Morgan fingerprint density at radius 3 is 0.901 bits per heavy atom. The van der Waals surface area contributed by atoms with Gasteiger partial charge in [0.15, 0.2) is 0 Å². The number of unbranched alkanes of at least 4 members (excludes halogenated alkanes) is 46. The SMILES string of the molecule is CCCCCCCCCCCCCCC/C=C\C/C=C\CCCCCCCCCCCCCCCCCCCC(=O)NC(CO)C(O)C(O)CCC/C=C/CCCCCCCCCCCCCCCCC. The molecule has 0 fully saturated rings. The molecule has 4 N–H and O–H groups in total. The molecule has 3 unspecified atom stereocenters. The van der Waals surface area contributed by atoms with Gasteiger partial charge in [-0.3, -0.25) is 4.79 Å². The van der Waals surface area contributed by atoms with Crippen LogP contribution in [0.15, 0.2) is 36.5 Å². The molecule has 0 spiro atoms. The minimum atomic E-state index is -1.16. The number of carbonyl (C=O) groups excluding carboxylic acids is 1. The predicted molar refractivity (Wildman–Crippen MR) is 314 cm³/mol. The second-order valence-corrected chi connectivity index (χ2v) is 22.3. The number of allylic oxidation sites excluding steroid dienone is 6. The third kappa shape index (κ3) is 56.1. The quantitative estimate of drug-likeness (QED) is 0.0361. The summed E-state index contributed by atoms with van der Waals surface area (Å²) in [6.07, 6.45) is 80.6. The molecule has 0 heterocycles. The van der Waals surface area contributed by atoms with E-state index in [1.807, 2.05) is 0 Å². The van der Waals surface area contributed by atoms with Gasteiger partial charge in [-0.05, 0) is 70.6 Å². The summed E-state index contributed by atoms with van der Waals surface area (Å²) in [5.41, 5.74) is 0. The first-order valence-corrected chi connectivity index (χ1v) is 32.3. The van der Waals surface area contributed by atoms with Gasteiger partial charge in [0.25, 0.3) is 0 Å². The van der Waals surface area contributed by atoms with Crippen molar-refractivity contribution >= 4 is 5.91 Å². The fraction of sp³-hybridized carbons (Fsp3) is 0.894. The number of hydrogen-bond acceptors (Lipinski definition) is 4. The molecule has 0 aromatic carbocycles. The summed E-state index contributed by atoms with van der Waals surface area (Å²) in [6.45, 7) is 4.21. The first-order chi connectivity index (χ1) is 35.1. The van der Waals surface area contributed by atoms with Crippen LogP contribution in [0.5, 0.6) is 0 Å². The molecule has 5 nitrogen and oxygen atoms in total. The zero-order valence-electron chi connectivity index (χ0n) is 48.1. The van der Waals surface area contributed by atoms with Crippen LogP contribution in [0.2, 0.25) is 0 Å². The second kappa shape index (κ2) is 61.1. The molecule has 1 amide bonds. The van der Waals surface area contributed by atoms with Gasteiger partial charge in [0.1, 0.15) is 6.10 Å². The molecule has 71 heavy (non-hydrogen) atoms. The standard InChI is InChI=1S/C66H127NO4/c1-3-5-7-9-11-13-15-17-19-21-23-25-26-27-28-29-30-31-32-33-34-35-36-37-38-39-40-41-43-45-47-49-51-53-55-57-59-61-65(70)67-63(62-68)66(71)64(69)60-58-56-54-52-50-48-46-44-42-24-22-20-18-16-14-12-10-8-6-4-2/h28-29,31-32,52,54,63-64,66,68-69,71H,3-27,30,33-51,53,55-62H2,1-2H3,(H,67,70)/b29-28-,32-31-,54-52+. The first kappa shape index (κ1) is 69.6. The van der Waals surface area contributed by atoms with E-state index in [1.54, 1.807) is 0 Å². The highest BCUT2D eigenvalue weighted by molar-refractivity contribution is 5.76. The van der Waals surface area contributed by atoms with E-state index in [0.717, 1.165) is 44.9 Å². The highest BCUT2D eigenvalue weighted by atomic mass is 16.3. The Morgan fingerprint density at radius 2 is 0.606 bits per heavy atom. The largest absolute Gasteiger partial charge is 0.394 e. The van der Waals surface area contributed by atoms with Crippen molar-refractivity contribution in [2.24, 2.45) is 0 Å². The Bertz CT molecular complexity index is 1100. The Labute approximate surface area is 444 Å². The fourth-order valence-corrected chi connectivity index (χ4v) is 10.3. The van der Waals surface area contributed by atoms with Gasteiger partial charge in [-0.25, -0.2) is 0 Å². The van der Waals surface area contributed by atoms with Crippen LogP contribution in [0.1, 0.15) is 354 Å². The van der Waals surface area contributed by atoms with Crippen molar-refractivity contribution < 1.29 is 20.1 Å². The van der Waals surface area contributed by atoms with E-state index in [-0.39, 0.29) is 12.5 Å². The molecule has 0 rings (SSSR count). The van der Waals surface area contributed by atoms with Crippen molar-refractivity contribution in [3.05, 3.63) is 36.5 Å². The van der Waals surface area contributed by atoms with E-state index < -0.39 is 18.2 Å². The summed E-state index contributed by atoms with van der Waals surface area (Å²) >= 11 is 0. The summed E-state index contributed by atoms with van der Waals surface area (Å²) in [4.78, 5) is 12.5. The number of aliphatic hydroxyl groups excluding tert-OH is 3. The van der Waals surface area contributed by atoms with E-state index in [2.05, 4.69) is 55.6 Å². The maximum atomic E-state index is 12.5. The Kier molecular flexibility index (Phi) is 59.9. The maximum Gasteiger partial charge on any atom is 0.220 e. The lowest BCUT2D eigenvalue weighted by Crippen LogP contribution is -2.50. The Hall–Kier alpha value is -1.43.